The van der Waals surface area contributed by atoms with E-state index in [2.05, 4.69) is 9.73 Å². The summed E-state index contributed by atoms with van der Waals surface area (Å²) in [6, 6.07) is 16.8. The van der Waals surface area contributed by atoms with E-state index in [1.807, 2.05) is 42.5 Å². The Labute approximate surface area is 188 Å². The number of rotatable bonds is 6. The minimum absolute atomic E-state index is 0.120. The van der Waals surface area contributed by atoms with Crippen molar-refractivity contribution in [3.63, 3.8) is 0 Å². The van der Waals surface area contributed by atoms with Crippen LogP contribution in [0.3, 0.4) is 0 Å². The molecule has 0 bridgehead atoms. The van der Waals surface area contributed by atoms with Crippen molar-refractivity contribution >= 4 is 46.3 Å². The van der Waals surface area contributed by atoms with Crippen molar-refractivity contribution in [1.82, 2.24) is 0 Å². The van der Waals surface area contributed by atoms with Gasteiger partial charge in [0.15, 0.2) is 23.8 Å². The van der Waals surface area contributed by atoms with Crippen LogP contribution in [0.1, 0.15) is 11.1 Å². The summed E-state index contributed by atoms with van der Waals surface area (Å²) in [5.74, 6) is -0.426. The van der Waals surface area contributed by atoms with Gasteiger partial charge < -0.3 is 18.9 Å². The number of ether oxygens (including phenoxy) is 4. The molecule has 0 saturated heterocycles. The van der Waals surface area contributed by atoms with E-state index in [-0.39, 0.29) is 29.0 Å². The zero-order chi connectivity index (χ0) is 22.7. The highest BCUT2D eigenvalue weighted by molar-refractivity contribution is 6.32. The third-order valence-electron chi connectivity index (χ3n) is 4.73. The lowest BCUT2D eigenvalue weighted by Crippen LogP contribution is -2.13. The highest BCUT2D eigenvalue weighted by atomic mass is 35.5. The topological polar surface area (TPSA) is 83.4 Å². The SMILES string of the molecule is COC(=O)COc1c(Cl)cc(/C=C2\N=C(c3ccc4ccccc4c3)OC2=O)cc1OC. The summed E-state index contributed by atoms with van der Waals surface area (Å²) >= 11 is 6.30. The summed E-state index contributed by atoms with van der Waals surface area (Å²) in [5.41, 5.74) is 1.37. The minimum atomic E-state index is -0.575. The zero-order valence-corrected chi connectivity index (χ0v) is 18.0. The molecule has 3 aromatic carbocycles. The molecule has 0 N–H and O–H groups in total. The van der Waals surface area contributed by atoms with Gasteiger partial charge in [-0.2, -0.15) is 0 Å². The van der Waals surface area contributed by atoms with E-state index in [0.29, 0.717) is 16.9 Å². The van der Waals surface area contributed by atoms with Crippen LogP contribution in [0, 0.1) is 0 Å². The number of fused-ring (bicyclic) bond motifs is 1. The highest BCUT2D eigenvalue weighted by Gasteiger charge is 2.25. The van der Waals surface area contributed by atoms with Gasteiger partial charge in [0.2, 0.25) is 5.90 Å². The monoisotopic (exact) mass is 451 g/mol. The molecule has 1 aliphatic rings. The number of hydrogen-bond acceptors (Lipinski definition) is 7. The fourth-order valence-electron chi connectivity index (χ4n) is 3.17. The van der Waals surface area contributed by atoms with Crippen LogP contribution in [0.15, 0.2) is 65.3 Å². The van der Waals surface area contributed by atoms with Gasteiger partial charge in [0.1, 0.15) is 0 Å². The molecule has 0 saturated carbocycles. The molecule has 7 nitrogen and oxygen atoms in total. The molecule has 1 heterocycles. The lowest BCUT2D eigenvalue weighted by atomic mass is 10.1. The van der Waals surface area contributed by atoms with Crippen LogP contribution in [0.25, 0.3) is 16.8 Å². The maximum absolute atomic E-state index is 12.4. The van der Waals surface area contributed by atoms with Crippen molar-refractivity contribution in [3.8, 4) is 11.5 Å². The third-order valence-corrected chi connectivity index (χ3v) is 5.01. The Hall–Kier alpha value is -3.84. The van der Waals surface area contributed by atoms with Crippen molar-refractivity contribution in [2.24, 2.45) is 4.99 Å². The third kappa shape index (κ3) is 4.43. The van der Waals surface area contributed by atoms with E-state index in [1.165, 1.54) is 20.3 Å². The largest absolute Gasteiger partial charge is 0.493 e. The highest BCUT2D eigenvalue weighted by Crippen LogP contribution is 2.37. The summed E-state index contributed by atoms with van der Waals surface area (Å²) in [4.78, 5) is 28.1. The van der Waals surface area contributed by atoms with Crippen LogP contribution in [0.5, 0.6) is 11.5 Å². The molecule has 8 heteroatoms. The molecular formula is C24H18ClNO6. The Morgan fingerprint density at radius 2 is 1.88 bits per heavy atom. The molecule has 3 aromatic rings. The van der Waals surface area contributed by atoms with Crippen LogP contribution in [0.2, 0.25) is 5.02 Å². The normalized spacial score (nSPS) is 14.3. The average Bonchev–Trinajstić information content (AvgIpc) is 3.17. The van der Waals surface area contributed by atoms with Crippen LogP contribution < -0.4 is 9.47 Å². The summed E-state index contributed by atoms with van der Waals surface area (Å²) in [6.07, 6.45) is 1.54. The smallest absolute Gasteiger partial charge is 0.363 e. The van der Waals surface area contributed by atoms with Gasteiger partial charge in [-0.3, -0.25) is 0 Å². The lowest BCUT2D eigenvalue weighted by Gasteiger charge is -2.12. The Bertz CT molecular complexity index is 1280. The molecule has 0 amide bonds. The number of cyclic esters (lactones) is 1. The molecule has 32 heavy (non-hydrogen) atoms. The first-order chi connectivity index (χ1) is 15.5. The molecule has 1 aliphatic heterocycles. The molecule has 0 radical (unpaired) electrons. The minimum Gasteiger partial charge on any atom is -0.493 e. The van der Waals surface area contributed by atoms with Gasteiger partial charge in [-0.15, -0.1) is 0 Å². The van der Waals surface area contributed by atoms with Crippen LogP contribution in [0.4, 0.5) is 0 Å². The van der Waals surface area contributed by atoms with E-state index < -0.39 is 11.9 Å². The summed E-state index contributed by atoms with van der Waals surface area (Å²) in [6.45, 7) is -0.321. The first-order valence-corrected chi connectivity index (χ1v) is 9.95. The van der Waals surface area contributed by atoms with E-state index in [4.69, 9.17) is 25.8 Å². The average molecular weight is 452 g/mol. The second-order valence-electron chi connectivity index (χ2n) is 6.80. The number of benzene rings is 3. The van der Waals surface area contributed by atoms with Crippen LogP contribution in [-0.2, 0) is 19.1 Å². The number of esters is 2. The fraction of sp³-hybridized carbons (Fsp3) is 0.125. The predicted molar refractivity (Wildman–Crippen MR) is 120 cm³/mol. The summed E-state index contributed by atoms with van der Waals surface area (Å²) in [5, 5.41) is 2.29. The molecule has 4 rings (SSSR count). The van der Waals surface area contributed by atoms with Gasteiger partial charge in [-0.05, 0) is 46.7 Å². The predicted octanol–water partition coefficient (Wildman–Crippen LogP) is 4.40. The van der Waals surface area contributed by atoms with Crippen LogP contribution in [-0.4, -0.2) is 38.7 Å². The van der Waals surface area contributed by atoms with E-state index in [1.54, 1.807) is 12.1 Å². The Morgan fingerprint density at radius 3 is 2.62 bits per heavy atom. The first-order valence-electron chi connectivity index (χ1n) is 9.57. The maximum atomic E-state index is 12.4. The van der Waals surface area contributed by atoms with E-state index in [0.717, 1.165) is 10.8 Å². The second-order valence-corrected chi connectivity index (χ2v) is 7.20. The number of methoxy groups -OCH3 is 2. The number of carbonyl (C=O) groups excluding carboxylic acids is 2. The van der Waals surface area contributed by atoms with Gasteiger partial charge in [-0.1, -0.05) is 41.9 Å². The van der Waals surface area contributed by atoms with Crippen LogP contribution >= 0.6 is 11.6 Å². The zero-order valence-electron chi connectivity index (χ0n) is 17.3. The van der Waals surface area contributed by atoms with Gasteiger partial charge in [-0.25, -0.2) is 14.6 Å². The fourth-order valence-corrected chi connectivity index (χ4v) is 3.44. The number of halogens is 1. The van der Waals surface area contributed by atoms with Crippen molar-refractivity contribution in [3.05, 3.63) is 76.4 Å². The molecule has 162 valence electrons. The van der Waals surface area contributed by atoms with Gasteiger partial charge in [0, 0.05) is 5.56 Å². The second kappa shape index (κ2) is 9.11. The molecule has 0 aliphatic carbocycles. The Kier molecular flexibility index (Phi) is 6.09. The standard InChI is InChI=1S/C24H18ClNO6/c1-29-20-11-14(9-18(25)22(20)31-13-21(27)30-2)10-19-24(28)32-23(26-19)17-8-7-15-5-3-4-6-16(15)12-17/h3-12H,13H2,1-2H3/b19-10-. The molecule has 0 aromatic heterocycles. The van der Waals surface area contributed by atoms with Gasteiger partial charge in [0.25, 0.3) is 0 Å². The lowest BCUT2D eigenvalue weighted by molar-refractivity contribution is -0.143. The number of carbonyl (C=O) groups is 2. The van der Waals surface area contributed by atoms with Crippen molar-refractivity contribution < 1.29 is 28.5 Å². The first kappa shape index (κ1) is 21.4. The van der Waals surface area contributed by atoms with Gasteiger partial charge in [0.05, 0.1) is 19.2 Å². The molecule has 0 atom stereocenters. The molecular weight excluding hydrogens is 434 g/mol. The van der Waals surface area contributed by atoms with Crippen molar-refractivity contribution in [2.75, 3.05) is 20.8 Å². The number of aliphatic imine (C=N–C) groups is 1. The quantitative estimate of drug-likeness (QED) is 0.408. The Morgan fingerprint density at radius 1 is 1.09 bits per heavy atom. The maximum Gasteiger partial charge on any atom is 0.363 e. The molecule has 0 spiro atoms. The van der Waals surface area contributed by atoms with Crippen molar-refractivity contribution in [1.29, 1.82) is 0 Å². The van der Waals surface area contributed by atoms with Gasteiger partial charge >= 0.3 is 11.9 Å². The Balaban J connectivity index is 1.63. The summed E-state index contributed by atoms with van der Waals surface area (Å²) in [7, 11) is 2.70. The van der Waals surface area contributed by atoms with E-state index >= 15 is 0 Å². The molecule has 0 unspecified atom stereocenters. The number of nitrogens with zero attached hydrogens (tertiary/aromatic N) is 1. The van der Waals surface area contributed by atoms with Crippen molar-refractivity contribution in [2.45, 2.75) is 0 Å². The summed E-state index contributed by atoms with van der Waals surface area (Å²) < 4.78 is 20.6. The molecule has 0 fully saturated rings. The van der Waals surface area contributed by atoms with E-state index in [9.17, 15) is 9.59 Å². The number of hydrogen-bond donors (Lipinski definition) is 0.